The highest BCUT2D eigenvalue weighted by Crippen LogP contribution is 2.21. The van der Waals surface area contributed by atoms with Gasteiger partial charge in [0, 0.05) is 37.9 Å². The Morgan fingerprint density at radius 2 is 2.16 bits per heavy atom. The predicted octanol–water partition coefficient (Wildman–Crippen LogP) is 2.18. The predicted molar refractivity (Wildman–Crippen MR) is 73.8 cm³/mol. The summed E-state index contributed by atoms with van der Waals surface area (Å²) >= 11 is 0. The van der Waals surface area contributed by atoms with Crippen LogP contribution in [0.15, 0.2) is 30.5 Å². The molecule has 1 aromatic carbocycles. The number of likely N-dealkylation sites (tertiary alicyclic amines) is 1. The number of aryl methyl sites for hydroxylation is 1. The van der Waals surface area contributed by atoms with Gasteiger partial charge in [-0.25, -0.2) is 4.39 Å². The first kappa shape index (κ1) is 12.6. The molecule has 0 aliphatic carbocycles. The molecule has 1 saturated heterocycles. The summed E-state index contributed by atoms with van der Waals surface area (Å²) in [7, 11) is 0. The molecule has 1 aliphatic rings. The molecule has 0 radical (unpaired) electrons. The van der Waals surface area contributed by atoms with Crippen LogP contribution in [0, 0.1) is 0 Å². The van der Waals surface area contributed by atoms with E-state index >= 15 is 0 Å². The van der Waals surface area contributed by atoms with E-state index in [1.165, 1.54) is 16.5 Å². The first-order valence-electron chi connectivity index (χ1n) is 6.79. The average Bonchev–Trinajstić information content (AvgIpc) is 2.93. The smallest absolute Gasteiger partial charge is 0.140 e. The number of aliphatic hydroxyl groups excluding tert-OH is 1. The molecule has 1 N–H and O–H groups in total. The van der Waals surface area contributed by atoms with Crippen LogP contribution in [0.5, 0.6) is 0 Å². The summed E-state index contributed by atoms with van der Waals surface area (Å²) in [5.74, 6) is 0. The van der Waals surface area contributed by atoms with Gasteiger partial charge >= 0.3 is 0 Å². The minimum Gasteiger partial charge on any atom is -0.389 e. The lowest BCUT2D eigenvalue weighted by Gasteiger charge is -2.14. The van der Waals surface area contributed by atoms with Gasteiger partial charge in [-0.15, -0.1) is 0 Å². The van der Waals surface area contributed by atoms with Crippen molar-refractivity contribution in [1.82, 2.24) is 9.47 Å². The fourth-order valence-corrected chi connectivity index (χ4v) is 2.81. The van der Waals surface area contributed by atoms with E-state index in [2.05, 4.69) is 42.0 Å². The lowest BCUT2D eigenvalue weighted by Crippen LogP contribution is -2.21. The van der Waals surface area contributed by atoms with E-state index < -0.39 is 12.3 Å². The summed E-state index contributed by atoms with van der Waals surface area (Å²) in [5, 5.41) is 10.7. The highest BCUT2D eigenvalue weighted by atomic mass is 19.1. The molecule has 19 heavy (non-hydrogen) atoms. The van der Waals surface area contributed by atoms with Gasteiger partial charge in [0.25, 0.3) is 0 Å². The molecule has 1 fully saturated rings. The maximum atomic E-state index is 13.3. The number of halogens is 1. The SMILES string of the molecule is CCn1ccc2ccc(CN3C[C@@H](O)[C@H](F)C3)cc21. The van der Waals surface area contributed by atoms with E-state index in [1.54, 1.807) is 0 Å². The average molecular weight is 262 g/mol. The second kappa shape index (κ2) is 4.94. The van der Waals surface area contributed by atoms with Crippen molar-refractivity contribution in [3.8, 4) is 0 Å². The minimum atomic E-state index is -1.11. The molecule has 2 atom stereocenters. The van der Waals surface area contributed by atoms with Crippen molar-refractivity contribution in [2.45, 2.75) is 32.3 Å². The van der Waals surface area contributed by atoms with Crippen LogP contribution < -0.4 is 0 Å². The molecule has 0 saturated carbocycles. The molecule has 2 heterocycles. The lowest BCUT2D eigenvalue weighted by atomic mass is 10.1. The largest absolute Gasteiger partial charge is 0.389 e. The van der Waals surface area contributed by atoms with E-state index in [-0.39, 0.29) is 0 Å². The number of fused-ring (bicyclic) bond motifs is 1. The first-order valence-corrected chi connectivity index (χ1v) is 6.79. The molecule has 4 heteroatoms. The Morgan fingerprint density at radius 3 is 2.84 bits per heavy atom. The van der Waals surface area contributed by atoms with Crippen molar-refractivity contribution in [3.05, 3.63) is 36.0 Å². The number of aromatic nitrogens is 1. The Labute approximate surface area is 112 Å². The first-order chi connectivity index (χ1) is 9.17. The van der Waals surface area contributed by atoms with Gasteiger partial charge in [0.1, 0.15) is 6.17 Å². The molecule has 3 nitrogen and oxygen atoms in total. The van der Waals surface area contributed by atoms with Crippen molar-refractivity contribution in [2.24, 2.45) is 0 Å². The van der Waals surface area contributed by atoms with E-state index in [0.717, 1.165) is 6.54 Å². The fraction of sp³-hybridized carbons (Fsp3) is 0.467. The van der Waals surface area contributed by atoms with Gasteiger partial charge in [0.05, 0.1) is 6.10 Å². The monoisotopic (exact) mass is 262 g/mol. The number of hydrogen-bond acceptors (Lipinski definition) is 2. The number of alkyl halides is 1. The highest BCUT2D eigenvalue weighted by Gasteiger charge is 2.30. The van der Waals surface area contributed by atoms with Crippen molar-refractivity contribution < 1.29 is 9.50 Å². The van der Waals surface area contributed by atoms with Crippen LogP contribution in [0.3, 0.4) is 0 Å². The van der Waals surface area contributed by atoms with Crippen LogP contribution in [-0.2, 0) is 13.1 Å². The summed E-state index contributed by atoms with van der Waals surface area (Å²) in [4.78, 5) is 1.97. The Bertz CT molecular complexity index is 571. The van der Waals surface area contributed by atoms with E-state index in [4.69, 9.17) is 0 Å². The topological polar surface area (TPSA) is 28.4 Å². The summed E-state index contributed by atoms with van der Waals surface area (Å²) in [6.07, 6.45) is 0.150. The number of rotatable bonds is 3. The van der Waals surface area contributed by atoms with Crippen molar-refractivity contribution >= 4 is 10.9 Å². The Hall–Kier alpha value is -1.39. The van der Waals surface area contributed by atoms with Crippen LogP contribution >= 0.6 is 0 Å². The third-order valence-corrected chi connectivity index (χ3v) is 3.88. The van der Waals surface area contributed by atoms with Crippen molar-refractivity contribution in [3.63, 3.8) is 0 Å². The van der Waals surface area contributed by atoms with Crippen LogP contribution in [0.1, 0.15) is 12.5 Å². The molecular weight excluding hydrogens is 243 g/mol. The normalized spacial score (nSPS) is 24.4. The van der Waals surface area contributed by atoms with Gasteiger partial charge in [0.15, 0.2) is 0 Å². The molecule has 2 aromatic rings. The van der Waals surface area contributed by atoms with Gasteiger partial charge in [-0.2, -0.15) is 0 Å². The summed E-state index contributed by atoms with van der Waals surface area (Å²) in [6, 6.07) is 8.47. The van der Waals surface area contributed by atoms with Gasteiger partial charge in [-0.3, -0.25) is 4.90 Å². The van der Waals surface area contributed by atoms with Crippen LogP contribution in [0.2, 0.25) is 0 Å². The Balaban J connectivity index is 1.81. The van der Waals surface area contributed by atoms with Gasteiger partial charge in [-0.1, -0.05) is 12.1 Å². The number of aliphatic hydroxyl groups is 1. The molecule has 0 unspecified atom stereocenters. The zero-order valence-corrected chi connectivity index (χ0v) is 11.1. The zero-order valence-electron chi connectivity index (χ0n) is 11.1. The molecular formula is C15H19FN2O. The van der Waals surface area contributed by atoms with Gasteiger partial charge in [0.2, 0.25) is 0 Å². The molecule has 0 spiro atoms. The quantitative estimate of drug-likeness (QED) is 0.918. The number of hydrogen-bond donors (Lipinski definition) is 1. The summed E-state index contributed by atoms with van der Waals surface area (Å²) < 4.78 is 15.5. The van der Waals surface area contributed by atoms with Gasteiger partial charge in [-0.05, 0) is 30.0 Å². The van der Waals surface area contributed by atoms with Crippen LogP contribution in [0.25, 0.3) is 10.9 Å². The molecule has 0 amide bonds. The lowest BCUT2D eigenvalue weighted by molar-refractivity contribution is 0.115. The highest BCUT2D eigenvalue weighted by molar-refractivity contribution is 5.80. The second-order valence-electron chi connectivity index (χ2n) is 5.27. The second-order valence-corrected chi connectivity index (χ2v) is 5.27. The summed E-state index contributed by atoms with van der Waals surface area (Å²) in [6.45, 7) is 4.52. The standard InChI is InChI=1S/C15H19FN2O/c1-2-18-6-5-12-4-3-11(7-14(12)18)8-17-9-13(16)15(19)10-17/h3-7,13,15,19H,2,8-10H2,1H3/t13-,15-/m1/s1. The maximum absolute atomic E-state index is 13.3. The van der Waals surface area contributed by atoms with Crippen molar-refractivity contribution in [1.29, 1.82) is 0 Å². The molecule has 1 aromatic heterocycles. The third kappa shape index (κ3) is 2.38. The van der Waals surface area contributed by atoms with E-state index in [1.807, 2.05) is 4.90 Å². The maximum Gasteiger partial charge on any atom is 0.140 e. The molecule has 102 valence electrons. The Morgan fingerprint density at radius 1 is 1.32 bits per heavy atom. The molecule has 1 aliphatic heterocycles. The Kier molecular flexibility index (Phi) is 3.29. The molecule has 0 bridgehead atoms. The third-order valence-electron chi connectivity index (χ3n) is 3.88. The summed E-state index contributed by atoms with van der Waals surface area (Å²) in [5.41, 5.74) is 2.39. The minimum absolute atomic E-state index is 0.327. The number of β-amino-alcohol motifs (C(OH)–C–C–N with tert-alkyl or cyclic N) is 1. The van der Waals surface area contributed by atoms with Crippen molar-refractivity contribution in [2.75, 3.05) is 13.1 Å². The number of benzene rings is 1. The number of nitrogens with zero attached hydrogens (tertiary/aromatic N) is 2. The van der Waals surface area contributed by atoms with Gasteiger partial charge < -0.3 is 9.67 Å². The van der Waals surface area contributed by atoms with Crippen LogP contribution in [-0.4, -0.2) is 39.9 Å². The van der Waals surface area contributed by atoms with E-state index in [0.29, 0.717) is 19.6 Å². The molecule has 3 rings (SSSR count). The van der Waals surface area contributed by atoms with Crippen LogP contribution in [0.4, 0.5) is 4.39 Å². The fourth-order valence-electron chi connectivity index (χ4n) is 2.81. The zero-order chi connectivity index (χ0) is 13.4. The van der Waals surface area contributed by atoms with E-state index in [9.17, 15) is 9.50 Å².